The standard InChI is InChI=1S/C15H19ClO3/c1-10-7-12(3-2-4-14(17)18)15(13(16)8-10)19-9-11-5-6-11/h7-8,11H,2-6,9H2,1H3,(H,17,18). The molecule has 0 atom stereocenters. The van der Waals surface area contributed by atoms with Gasteiger partial charge in [-0.15, -0.1) is 0 Å². The highest BCUT2D eigenvalue weighted by Gasteiger charge is 2.23. The van der Waals surface area contributed by atoms with Crippen LogP contribution < -0.4 is 4.74 Å². The second-order valence-corrected chi connectivity index (χ2v) is 5.64. The van der Waals surface area contributed by atoms with Gasteiger partial charge in [0.2, 0.25) is 0 Å². The van der Waals surface area contributed by atoms with Gasteiger partial charge in [-0.2, -0.15) is 0 Å². The van der Waals surface area contributed by atoms with E-state index in [9.17, 15) is 4.79 Å². The first-order valence-corrected chi connectivity index (χ1v) is 7.07. The fourth-order valence-electron chi connectivity index (χ4n) is 2.06. The molecule has 0 amide bonds. The zero-order valence-corrected chi connectivity index (χ0v) is 11.9. The van der Waals surface area contributed by atoms with Gasteiger partial charge in [-0.05, 0) is 55.7 Å². The van der Waals surface area contributed by atoms with Gasteiger partial charge < -0.3 is 9.84 Å². The smallest absolute Gasteiger partial charge is 0.303 e. The summed E-state index contributed by atoms with van der Waals surface area (Å²) in [4.78, 5) is 10.6. The Morgan fingerprint density at radius 2 is 2.21 bits per heavy atom. The second-order valence-electron chi connectivity index (χ2n) is 5.24. The molecule has 0 bridgehead atoms. The summed E-state index contributed by atoms with van der Waals surface area (Å²) in [6.07, 6.45) is 3.94. The number of ether oxygens (including phenoxy) is 1. The average molecular weight is 283 g/mol. The van der Waals surface area contributed by atoms with Crippen molar-refractivity contribution in [1.82, 2.24) is 0 Å². The number of rotatable bonds is 7. The Hall–Kier alpha value is -1.22. The predicted octanol–water partition coefficient (Wildman–Crippen LogP) is 3.84. The lowest BCUT2D eigenvalue weighted by Gasteiger charge is -2.14. The first kappa shape index (κ1) is 14.2. The van der Waals surface area contributed by atoms with Gasteiger partial charge in [0, 0.05) is 6.42 Å². The molecule has 19 heavy (non-hydrogen) atoms. The van der Waals surface area contributed by atoms with Crippen LogP contribution in [-0.4, -0.2) is 17.7 Å². The predicted molar refractivity (Wildman–Crippen MR) is 75.0 cm³/mol. The van der Waals surface area contributed by atoms with Crippen LogP contribution >= 0.6 is 11.6 Å². The highest BCUT2D eigenvalue weighted by molar-refractivity contribution is 6.32. The number of hydrogen-bond acceptors (Lipinski definition) is 2. The van der Waals surface area contributed by atoms with E-state index in [2.05, 4.69) is 0 Å². The summed E-state index contributed by atoms with van der Waals surface area (Å²) >= 11 is 6.24. The van der Waals surface area contributed by atoms with E-state index >= 15 is 0 Å². The van der Waals surface area contributed by atoms with Crippen molar-refractivity contribution in [2.24, 2.45) is 5.92 Å². The first-order valence-electron chi connectivity index (χ1n) is 6.70. The summed E-state index contributed by atoms with van der Waals surface area (Å²) in [5.74, 6) is 0.646. The number of benzene rings is 1. The molecule has 0 heterocycles. The molecule has 0 radical (unpaired) electrons. The van der Waals surface area contributed by atoms with E-state index < -0.39 is 5.97 Å². The van der Waals surface area contributed by atoms with Gasteiger partial charge in [-0.1, -0.05) is 17.7 Å². The lowest BCUT2D eigenvalue weighted by atomic mass is 10.0. The highest BCUT2D eigenvalue weighted by atomic mass is 35.5. The molecule has 3 nitrogen and oxygen atoms in total. The van der Waals surface area contributed by atoms with Crippen molar-refractivity contribution in [3.8, 4) is 5.75 Å². The Labute approximate surface area is 118 Å². The quantitative estimate of drug-likeness (QED) is 0.826. The van der Waals surface area contributed by atoms with Crippen LogP contribution in [0.3, 0.4) is 0 Å². The molecule has 0 aromatic heterocycles. The molecule has 0 aliphatic heterocycles. The van der Waals surface area contributed by atoms with Crippen molar-refractivity contribution in [2.75, 3.05) is 6.61 Å². The Morgan fingerprint density at radius 1 is 1.47 bits per heavy atom. The number of aryl methyl sites for hydroxylation is 2. The third-order valence-electron chi connectivity index (χ3n) is 3.26. The second kappa shape index (κ2) is 6.29. The first-order chi connectivity index (χ1) is 9.06. The summed E-state index contributed by atoms with van der Waals surface area (Å²) in [6, 6.07) is 3.93. The molecular formula is C15H19ClO3. The third kappa shape index (κ3) is 4.43. The van der Waals surface area contributed by atoms with Crippen molar-refractivity contribution < 1.29 is 14.6 Å². The molecule has 1 aliphatic carbocycles. The Balaban J connectivity index is 2.05. The summed E-state index contributed by atoms with van der Waals surface area (Å²) < 4.78 is 5.83. The Kier molecular flexibility index (Phi) is 4.70. The highest BCUT2D eigenvalue weighted by Crippen LogP contribution is 2.35. The van der Waals surface area contributed by atoms with E-state index in [0.717, 1.165) is 16.9 Å². The van der Waals surface area contributed by atoms with Gasteiger partial charge in [-0.25, -0.2) is 0 Å². The zero-order valence-electron chi connectivity index (χ0n) is 11.1. The van der Waals surface area contributed by atoms with Gasteiger partial charge in [0.15, 0.2) is 0 Å². The van der Waals surface area contributed by atoms with E-state index in [1.54, 1.807) is 0 Å². The van der Waals surface area contributed by atoms with Gasteiger partial charge in [0.1, 0.15) is 5.75 Å². The summed E-state index contributed by atoms with van der Waals surface area (Å²) in [7, 11) is 0. The normalized spacial score (nSPS) is 14.4. The molecule has 1 saturated carbocycles. The van der Waals surface area contributed by atoms with Gasteiger partial charge >= 0.3 is 5.97 Å². The lowest BCUT2D eigenvalue weighted by molar-refractivity contribution is -0.137. The molecular weight excluding hydrogens is 264 g/mol. The topological polar surface area (TPSA) is 46.5 Å². The van der Waals surface area contributed by atoms with Crippen molar-refractivity contribution >= 4 is 17.6 Å². The van der Waals surface area contributed by atoms with E-state index in [1.165, 1.54) is 12.8 Å². The minimum absolute atomic E-state index is 0.174. The number of carbonyl (C=O) groups is 1. The van der Waals surface area contributed by atoms with E-state index in [1.807, 2.05) is 19.1 Å². The molecule has 1 N–H and O–H groups in total. The van der Waals surface area contributed by atoms with Crippen LogP contribution in [0.1, 0.15) is 36.8 Å². The van der Waals surface area contributed by atoms with Crippen LogP contribution in [0.25, 0.3) is 0 Å². The number of aliphatic carboxylic acids is 1. The molecule has 1 aromatic rings. The number of carboxylic acids is 1. The Morgan fingerprint density at radius 3 is 2.84 bits per heavy atom. The van der Waals surface area contributed by atoms with Gasteiger partial charge in [0.25, 0.3) is 0 Å². The van der Waals surface area contributed by atoms with E-state index in [4.69, 9.17) is 21.4 Å². The minimum atomic E-state index is -0.765. The maximum Gasteiger partial charge on any atom is 0.303 e. The molecule has 0 spiro atoms. The molecule has 104 valence electrons. The fraction of sp³-hybridized carbons (Fsp3) is 0.533. The van der Waals surface area contributed by atoms with Crippen molar-refractivity contribution in [2.45, 2.75) is 39.0 Å². The summed E-state index contributed by atoms with van der Waals surface area (Å²) in [5.41, 5.74) is 2.10. The van der Waals surface area contributed by atoms with Crippen molar-refractivity contribution in [3.63, 3.8) is 0 Å². The number of hydrogen-bond donors (Lipinski definition) is 1. The largest absolute Gasteiger partial charge is 0.491 e. The number of halogens is 1. The zero-order chi connectivity index (χ0) is 13.8. The van der Waals surface area contributed by atoms with Crippen LogP contribution in [0.15, 0.2) is 12.1 Å². The van der Waals surface area contributed by atoms with Crippen molar-refractivity contribution in [3.05, 3.63) is 28.3 Å². The summed E-state index contributed by atoms with van der Waals surface area (Å²) in [5, 5.41) is 9.33. The van der Waals surface area contributed by atoms with Crippen LogP contribution in [-0.2, 0) is 11.2 Å². The summed E-state index contributed by atoms with van der Waals surface area (Å²) in [6.45, 7) is 2.70. The maximum atomic E-state index is 10.6. The molecule has 0 saturated heterocycles. The molecule has 2 rings (SSSR count). The molecule has 1 aliphatic rings. The molecule has 1 aromatic carbocycles. The van der Waals surface area contributed by atoms with Crippen LogP contribution in [0.5, 0.6) is 5.75 Å². The number of carboxylic acid groups (broad SMARTS) is 1. The SMILES string of the molecule is Cc1cc(Cl)c(OCC2CC2)c(CCCC(=O)O)c1. The minimum Gasteiger partial charge on any atom is -0.491 e. The van der Waals surface area contributed by atoms with Gasteiger partial charge in [-0.3, -0.25) is 4.79 Å². The maximum absolute atomic E-state index is 10.6. The molecule has 4 heteroatoms. The average Bonchev–Trinajstić information content (AvgIpc) is 3.11. The van der Waals surface area contributed by atoms with Gasteiger partial charge in [0.05, 0.1) is 11.6 Å². The third-order valence-corrected chi connectivity index (χ3v) is 3.54. The van der Waals surface area contributed by atoms with E-state index in [0.29, 0.717) is 30.4 Å². The van der Waals surface area contributed by atoms with E-state index in [-0.39, 0.29) is 6.42 Å². The lowest BCUT2D eigenvalue weighted by Crippen LogP contribution is -2.04. The monoisotopic (exact) mass is 282 g/mol. The fourth-order valence-corrected chi connectivity index (χ4v) is 2.41. The van der Waals surface area contributed by atoms with Crippen LogP contribution in [0, 0.1) is 12.8 Å². The van der Waals surface area contributed by atoms with Crippen LogP contribution in [0.2, 0.25) is 5.02 Å². The molecule has 0 unspecified atom stereocenters. The Bertz CT molecular complexity index is 467. The van der Waals surface area contributed by atoms with Crippen molar-refractivity contribution in [1.29, 1.82) is 0 Å². The van der Waals surface area contributed by atoms with Crippen LogP contribution in [0.4, 0.5) is 0 Å². The molecule has 1 fully saturated rings.